The van der Waals surface area contributed by atoms with Crippen LogP contribution in [0.15, 0.2) is 18.3 Å². The van der Waals surface area contributed by atoms with Crippen LogP contribution in [0.4, 0.5) is 0 Å². The maximum absolute atomic E-state index is 9.72. The van der Waals surface area contributed by atoms with Gasteiger partial charge >= 0.3 is 0 Å². The van der Waals surface area contributed by atoms with Crippen LogP contribution >= 0.6 is 0 Å². The number of rotatable bonds is 2. The Morgan fingerprint density at radius 1 is 1.58 bits per heavy atom. The molecule has 64 valence electrons. The van der Waals surface area contributed by atoms with Crippen molar-refractivity contribution in [1.29, 1.82) is 0 Å². The lowest BCUT2D eigenvalue weighted by atomic mass is 10.1. The average Bonchev–Trinajstić information content (AvgIpc) is 2.85. The van der Waals surface area contributed by atoms with Crippen LogP contribution in [0, 0.1) is 12.8 Å². The van der Waals surface area contributed by atoms with Gasteiger partial charge in [0.15, 0.2) is 0 Å². The Balaban J connectivity index is 2.20. The molecule has 0 amide bonds. The molecule has 1 heterocycles. The van der Waals surface area contributed by atoms with E-state index in [4.69, 9.17) is 0 Å². The van der Waals surface area contributed by atoms with Crippen molar-refractivity contribution in [2.24, 2.45) is 5.92 Å². The van der Waals surface area contributed by atoms with Gasteiger partial charge in [-0.3, -0.25) is 4.98 Å². The Bertz CT molecular complexity index is 281. The van der Waals surface area contributed by atoms with Crippen molar-refractivity contribution in [1.82, 2.24) is 4.98 Å². The van der Waals surface area contributed by atoms with E-state index in [0.29, 0.717) is 5.92 Å². The summed E-state index contributed by atoms with van der Waals surface area (Å²) in [5.41, 5.74) is 2.00. The Morgan fingerprint density at radius 3 is 2.92 bits per heavy atom. The molecule has 1 aliphatic rings. The summed E-state index contributed by atoms with van der Waals surface area (Å²) in [6, 6.07) is 3.91. The van der Waals surface area contributed by atoms with E-state index in [0.717, 1.165) is 18.5 Å². The minimum Gasteiger partial charge on any atom is -0.387 e. The van der Waals surface area contributed by atoms with Gasteiger partial charge in [0.25, 0.3) is 0 Å². The molecule has 2 heteroatoms. The maximum atomic E-state index is 9.72. The predicted molar refractivity (Wildman–Crippen MR) is 46.7 cm³/mol. The second kappa shape index (κ2) is 2.87. The topological polar surface area (TPSA) is 33.1 Å². The number of nitrogens with zero attached hydrogens (tertiary/aromatic N) is 1. The van der Waals surface area contributed by atoms with Gasteiger partial charge in [-0.25, -0.2) is 0 Å². The summed E-state index contributed by atoms with van der Waals surface area (Å²) >= 11 is 0. The third kappa shape index (κ3) is 1.48. The molecule has 1 N–H and O–H groups in total. The zero-order valence-electron chi connectivity index (χ0n) is 7.20. The van der Waals surface area contributed by atoms with E-state index >= 15 is 0 Å². The molecule has 12 heavy (non-hydrogen) atoms. The molecule has 0 saturated heterocycles. The molecule has 0 radical (unpaired) electrons. The van der Waals surface area contributed by atoms with Crippen LogP contribution in [0.25, 0.3) is 0 Å². The number of hydrogen-bond acceptors (Lipinski definition) is 2. The van der Waals surface area contributed by atoms with Crippen LogP contribution in [-0.2, 0) is 0 Å². The van der Waals surface area contributed by atoms with Gasteiger partial charge in [0.2, 0.25) is 0 Å². The summed E-state index contributed by atoms with van der Waals surface area (Å²) < 4.78 is 0. The van der Waals surface area contributed by atoms with Crippen LogP contribution in [0.5, 0.6) is 0 Å². The second-order valence-corrected chi connectivity index (χ2v) is 3.54. The van der Waals surface area contributed by atoms with Crippen LogP contribution in [0.2, 0.25) is 0 Å². The first-order valence-corrected chi connectivity index (χ1v) is 4.38. The van der Waals surface area contributed by atoms with Gasteiger partial charge in [0.05, 0.1) is 11.8 Å². The fourth-order valence-corrected chi connectivity index (χ4v) is 1.37. The van der Waals surface area contributed by atoms with Gasteiger partial charge in [0.1, 0.15) is 0 Å². The standard InChI is InChI=1S/C10H13NO/c1-7-4-5-11-9(6-7)10(12)8-2-3-8/h4-6,8,10,12H,2-3H2,1H3. The lowest BCUT2D eigenvalue weighted by Crippen LogP contribution is -2.02. The second-order valence-electron chi connectivity index (χ2n) is 3.54. The van der Waals surface area contributed by atoms with E-state index in [1.807, 2.05) is 19.1 Å². The molecule has 1 aromatic heterocycles. The third-order valence-corrected chi connectivity index (χ3v) is 2.31. The minimum absolute atomic E-state index is 0.329. The van der Waals surface area contributed by atoms with Crippen LogP contribution in [-0.4, -0.2) is 10.1 Å². The van der Waals surface area contributed by atoms with Crippen molar-refractivity contribution in [2.75, 3.05) is 0 Å². The molecular formula is C10H13NO. The predicted octanol–water partition coefficient (Wildman–Crippen LogP) is 1.83. The Kier molecular flexibility index (Phi) is 1.85. The van der Waals surface area contributed by atoms with Gasteiger partial charge in [-0.1, -0.05) is 0 Å². The van der Waals surface area contributed by atoms with E-state index in [1.54, 1.807) is 6.20 Å². The Hall–Kier alpha value is -0.890. The molecule has 1 aliphatic carbocycles. The summed E-state index contributed by atoms with van der Waals surface area (Å²) in [7, 11) is 0. The summed E-state index contributed by atoms with van der Waals surface area (Å²) in [6.07, 6.45) is 3.73. The highest BCUT2D eigenvalue weighted by atomic mass is 16.3. The van der Waals surface area contributed by atoms with Gasteiger partial charge in [-0.2, -0.15) is 0 Å². The van der Waals surface area contributed by atoms with Gasteiger partial charge in [-0.15, -0.1) is 0 Å². The van der Waals surface area contributed by atoms with Crippen LogP contribution < -0.4 is 0 Å². The number of aryl methyl sites for hydroxylation is 1. The van der Waals surface area contributed by atoms with Gasteiger partial charge in [0, 0.05) is 6.20 Å². The number of aliphatic hydroxyl groups excluding tert-OH is 1. The molecule has 1 fully saturated rings. The molecule has 0 aromatic carbocycles. The fourth-order valence-electron chi connectivity index (χ4n) is 1.37. The highest BCUT2D eigenvalue weighted by Crippen LogP contribution is 2.40. The monoisotopic (exact) mass is 163 g/mol. The van der Waals surface area contributed by atoms with E-state index < -0.39 is 0 Å². The number of aromatic nitrogens is 1. The molecule has 0 bridgehead atoms. The summed E-state index contributed by atoms with van der Waals surface area (Å²) in [5, 5.41) is 9.72. The van der Waals surface area contributed by atoms with Crippen LogP contribution in [0.1, 0.15) is 30.2 Å². The van der Waals surface area contributed by atoms with E-state index in [1.165, 1.54) is 5.56 Å². The van der Waals surface area contributed by atoms with Crippen molar-refractivity contribution in [3.05, 3.63) is 29.6 Å². The van der Waals surface area contributed by atoms with Gasteiger partial charge < -0.3 is 5.11 Å². The molecule has 0 aliphatic heterocycles. The van der Waals surface area contributed by atoms with Crippen molar-refractivity contribution in [3.63, 3.8) is 0 Å². The lowest BCUT2D eigenvalue weighted by molar-refractivity contribution is 0.149. The number of pyridine rings is 1. The molecule has 1 aromatic rings. The van der Waals surface area contributed by atoms with E-state index in [9.17, 15) is 5.11 Å². The molecule has 2 nitrogen and oxygen atoms in total. The Labute approximate surface area is 72.3 Å². The first-order valence-electron chi connectivity index (χ1n) is 4.38. The third-order valence-electron chi connectivity index (χ3n) is 2.31. The zero-order chi connectivity index (χ0) is 8.55. The highest BCUT2D eigenvalue weighted by Gasteiger charge is 2.31. The van der Waals surface area contributed by atoms with Crippen molar-refractivity contribution in [2.45, 2.75) is 25.9 Å². The first-order chi connectivity index (χ1) is 5.77. The SMILES string of the molecule is Cc1ccnc(C(O)C2CC2)c1. The normalized spacial score (nSPS) is 19.2. The largest absolute Gasteiger partial charge is 0.387 e. The molecule has 0 spiro atoms. The zero-order valence-corrected chi connectivity index (χ0v) is 7.20. The number of hydrogen-bond donors (Lipinski definition) is 1. The van der Waals surface area contributed by atoms with Crippen molar-refractivity contribution in [3.8, 4) is 0 Å². The average molecular weight is 163 g/mol. The molecule has 2 rings (SSSR count). The molecular weight excluding hydrogens is 150 g/mol. The summed E-state index contributed by atoms with van der Waals surface area (Å²) in [4.78, 5) is 4.15. The van der Waals surface area contributed by atoms with Crippen molar-refractivity contribution < 1.29 is 5.11 Å². The Morgan fingerprint density at radius 2 is 2.33 bits per heavy atom. The highest BCUT2D eigenvalue weighted by molar-refractivity contribution is 5.17. The fraction of sp³-hybridized carbons (Fsp3) is 0.500. The molecule has 1 atom stereocenters. The molecule has 1 unspecified atom stereocenters. The van der Waals surface area contributed by atoms with E-state index in [2.05, 4.69) is 4.98 Å². The van der Waals surface area contributed by atoms with Crippen molar-refractivity contribution >= 4 is 0 Å². The first kappa shape index (κ1) is 7.74. The summed E-state index contributed by atoms with van der Waals surface area (Å²) in [6.45, 7) is 2.02. The lowest BCUT2D eigenvalue weighted by Gasteiger charge is -2.07. The van der Waals surface area contributed by atoms with Crippen LogP contribution in [0.3, 0.4) is 0 Å². The maximum Gasteiger partial charge on any atom is 0.0987 e. The summed E-state index contributed by atoms with van der Waals surface area (Å²) in [5.74, 6) is 0.472. The van der Waals surface area contributed by atoms with Gasteiger partial charge in [-0.05, 0) is 43.4 Å². The quantitative estimate of drug-likeness (QED) is 0.721. The number of aliphatic hydroxyl groups is 1. The molecule has 1 saturated carbocycles. The minimum atomic E-state index is -0.329. The smallest absolute Gasteiger partial charge is 0.0987 e. The van der Waals surface area contributed by atoms with E-state index in [-0.39, 0.29) is 6.10 Å².